The highest BCUT2D eigenvalue weighted by molar-refractivity contribution is 7.13. The largest absolute Gasteiger partial charge is 0.480 e. The van der Waals surface area contributed by atoms with Crippen LogP contribution in [0.15, 0.2) is 21.9 Å². The zero-order valence-corrected chi connectivity index (χ0v) is 13.3. The van der Waals surface area contributed by atoms with Crippen molar-refractivity contribution < 1.29 is 14.3 Å². The number of aliphatic carboxylic acids is 1. The van der Waals surface area contributed by atoms with Gasteiger partial charge in [-0.25, -0.2) is 4.98 Å². The van der Waals surface area contributed by atoms with E-state index in [4.69, 9.17) is 4.42 Å². The molecule has 0 saturated carbocycles. The fraction of sp³-hybridized carbons (Fsp3) is 0.467. The average Bonchev–Trinajstić information content (AvgIpc) is 3.06. The molecule has 0 amide bonds. The van der Waals surface area contributed by atoms with Gasteiger partial charge in [-0.1, -0.05) is 19.4 Å². The first-order valence-electron chi connectivity index (χ1n) is 6.95. The number of carboxylic acid groups (broad SMARTS) is 1. The van der Waals surface area contributed by atoms with Gasteiger partial charge in [-0.2, -0.15) is 0 Å². The van der Waals surface area contributed by atoms with Crippen LogP contribution in [0.1, 0.15) is 38.1 Å². The molecule has 5 nitrogen and oxygen atoms in total. The van der Waals surface area contributed by atoms with E-state index < -0.39 is 11.5 Å². The lowest BCUT2D eigenvalue weighted by atomic mass is 9.96. The van der Waals surface area contributed by atoms with E-state index in [1.807, 2.05) is 31.4 Å². The van der Waals surface area contributed by atoms with Gasteiger partial charge in [-0.15, -0.1) is 11.3 Å². The van der Waals surface area contributed by atoms with Crippen LogP contribution >= 0.6 is 11.3 Å². The van der Waals surface area contributed by atoms with Gasteiger partial charge in [-0.3, -0.25) is 10.1 Å². The Morgan fingerprint density at radius 3 is 2.90 bits per heavy atom. The summed E-state index contributed by atoms with van der Waals surface area (Å²) in [7, 11) is 0. The van der Waals surface area contributed by atoms with Crippen molar-refractivity contribution in [3.05, 3.63) is 29.0 Å². The van der Waals surface area contributed by atoms with E-state index in [-0.39, 0.29) is 0 Å². The molecule has 2 aromatic heterocycles. The Balaban J connectivity index is 2.11. The summed E-state index contributed by atoms with van der Waals surface area (Å²) in [6.07, 6.45) is 1.37. The van der Waals surface area contributed by atoms with Crippen molar-refractivity contribution in [3.8, 4) is 10.8 Å². The number of oxazole rings is 1. The molecule has 2 aromatic rings. The Bertz CT molecular complexity index is 606. The topological polar surface area (TPSA) is 75.4 Å². The highest BCUT2D eigenvalue weighted by Gasteiger charge is 2.31. The predicted molar refractivity (Wildman–Crippen MR) is 82.3 cm³/mol. The van der Waals surface area contributed by atoms with E-state index >= 15 is 0 Å². The number of hydrogen-bond donors (Lipinski definition) is 2. The predicted octanol–water partition coefficient (Wildman–Crippen LogP) is 3.44. The monoisotopic (exact) mass is 308 g/mol. The fourth-order valence-electron chi connectivity index (χ4n) is 2.15. The van der Waals surface area contributed by atoms with Crippen molar-refractivity contribution in [3.63, 3.8) is 0 Å². The molecule has 0 aliphatic carbocycles. The third kappa shape index (κ3) is 3.51. The molecule has 0 radical (unpaired) electrons. The van der Waals surface area contributed by atoms with Gasteiger partial charge in [0.1, 0.15) is 11.3 Å². The SMILES string of the molecule is CCCC(C)(NCc1nc(-c2cccs2)oc1C)C(=O)O. The number of carbonyl (C=O) groups is 1. The Kier molecular flexibility index (Phi) is 4.80. The Hall–Kier alpha value is -1.66. The first-order valence-corrected chi connectivity index (χ1v) is 7.83. The van der Waals surface area contributed by atoms with Crippen LogP contribution in [0.2, 0.25) is 0 Å². The first-order chi connectivity index (χ1) is 9.96. The highest BCUT2D eigenvalue weighted by atomic mass is 32.1. The molecule has 21 heavy (non-hydrogen) atoms. The van der Waals surface area contributed by atoms with E-state index in [1.54, 1.807) is 18.3 Å². The molecule has 114 valence electrons. The molecule has 6 heteroatoms. The number of carboxylic acids is 1. The van der Waals surface area contributed by atoms with E-state index in [0.717, 1.165) is 22.8 Å². The van der Waals surface area contributed by atoms with Crippen LogP contribution in [0.4, 0.5) is 0 Å². The molecule has 1 unspecified atom stereocenters. The van der Waals surface area contributed by atoms with Crippen molar-refractivity contribution in [2.24, 2.45) is 0 Å². The molecule has 0 aliphatic rings. The second-order valence-corrected chi connectivity index (χ2v) is 6.19. The van der Waals surface area contributed by atoms with Gasteiger partial charge >= 0.3 is 5.97 Å². The summed E-state index contributed by atoms with van der Waals surface area (Å²) in [6, 6.07) is 3.89. The third-order valence-corrected chi connectivity index (χ3v) is 4.35. The van der Waals surface area contributed by atoms with Crippen LogP contribution in [-0.4, -0.2) is 21.6 Å². The third-order valence-electron chi connectivity index (χ3n) is 3.49. The van der Waals surface area contributed by atoms with Gasteiger partial charge in [-0.05, 0) is 31.7 Å². The molecular weight excluding hydrogens is 288 g/mol. The number of aryl methyl sites for hydroxylation is 1. The Morgan fingerprint density at radius 2 is 2.33 bits per heavy atom. The minimum absolute atomic E-state index is 0.378. The normalized spacial score (nSPS) is 14.0. The van der Waals surface area contributed by atoms with Crippen molar-refractivity contribution in [2.45, 2.75) is 45.7 Å². The molecule has 0 bridgehead atoms. The van der Waals surface area contributed by atoms with Crippen molar-refractivity contribution in [2.75, 3.05) is 0 Å². The fourth-order valence-corrected chi connectivity index (χ4v) is 2.80. The van der Waals surface area contributed by atoms with Gasteiger partial charge in [0.25, 0.3) is 0 Å². The molecule has 0 fully saturated rings. The van der Waals surface area contributed by atoms with Crippen LogP contribution in [0.3, 0.4) is 0 Å². The number of thiophene rings is 1. The van der Waals surface area contributed by atoms with Gasteiger partial charge in [0.2, 0.25) is 5.89 Å². The number of nitrogens with zero attached hydrogens (tertiary/aromatic N) is 1. The molecule has 0 spiro atoms. The smallest absolute Gasteiger partial charge is 0.323 e. The zero-order valence-electron chi connectivity index (χ0n) is 12.5. The minimum atomic E-state index is -0.941. The lowest BCUT2D eigenvalue weighted by Gasteiger charge is -2.25. The molecule has 0 aliphatic heterocycles. The molecule has 0 aromatic carbocycles. The van der Waals surface area contributed by atoms with Crippen LogP contribution < -0.4 is 5.32 Å². The zero-order chi connectivity index (χ0) is 15.5. The minimum Gasteiger partial charge on any atom is -0.480 e. The first kappa shape index (κ1) is 15.7. The standard InChI is InChI=1S/C15H20N2O3S/c1-4-7-15(3,14(18)19)16-9-11-10(2)20-13(17-11)12-6-5-8-21-12/h5-6,8,16H,4,7,9H2,1-3H3,(H,18,19). The van der Waals surface area contributed by atoms with E-state index in [2.05, 4.69) is 10.3 Å². The van der Waals surface area contributed by atoms with Gasteiger partial charge in [0.15, 0.2) is 0 Å². The summed E-state index contributed by atoms with van der Waals surface area (Å²) in [5.74, 6) is 0.464. The van der Waals surface area contributed by atoms with Crippen LogP contribution in [0, 0.1) is 6.92 Å². The summed E-state index contributed by atoms with van der Waals surface area (Å²) < 4.78 is 5.66. The number of aromatic nitrogens is 1. The van der Waals surface area contributed by atoms with Crippen molar-refractivity contribution in [1.29, 1.82) is 0 Å². The second-order valence-electron chi connectivity index (χ2n) is 5.24. The van der Waals surface area contributed by atoms with E-state index in [1.165, 1.54) is 0 Å². The average molecular weight is 308 g/mol. The molecule has 0 saturated heterocycles. The number of rotatable bonds is 7. The highest BCUT2D eigenvalue weighted by Crippen LogP contribution is 2.26. The molecule has 2 rings (SSSR count). The van der Waals surface area contributed by atoms with Crippen LogP contribution in [0.25, 0.3) is 10.8 Å². The second kappa shape index (κ2) is 6.41. The quantitative estimate of drug-likeness (QED) is 0.819. The van der Waals surface area contributed by atoms with Gasteiger partial charge in [0, 0.05) is 6.54 Å². The van der Waals surface area contributed by atoms with Crippen LogP contribution in [0.5, 0.6) is 0 Å². The van der Waals surface area contributed by atoms with Gasteiger partial charge in [0.05, 0.1) is 10.6 Å². The maximum atomic E-state index is 11.4. The number of nitrogens with one attached hydrogen (secondary N) is 1. The molecular formula is C15H20N2O3S. The lowest BCUT2D eigenvalue weighted by Crippen LogP contribution is -2.49. The Labute approximate surface area is 128 Å². The summed E-state index contributed by atoms with van der Waals surface area (Å²) in [5, 5.41) is 14.4. The maximum Gasteiger partial charge on any atom is 0.323 e. The van der Waals surface area contributed by atoms with Crippen LogP contribution in [-0.2, 0) is 11.3 Å². The summed E-state index contributed by atoms with van der Waals surface area (Å²) in [4.78, 5) is 16.8. The van der Waals surface area contributed by atoms with Gasteiger partial charge < -0.3 is 9.52 Å². The van der Waals surface area contributed by atoms with Crippen molar-refractivity contribution >= 4 is 17.3 Å². The number of hydrogen-bond acceptors (Lipinski definition) is 5. The van der Waals surface area contributed by atoms with Crippen molar-refractivity contribution in [1.82, 2.24) is 10.3 Å². The summed E-state index contributed by atoms with van der Waals surface area (Å²) in [5.41, 5.74) is -0.189. The molecule has 1 atom stereocenters. The summed E-state index contributed by atoms with van der Waals surface area (Å²) >= 11 is 1.56. The molecule has 2 heterocycles. The lowest BCUT2D eigenvalue weighted by molar-refractivity contribution is -0.144. The molecule has 2 N–H and O–H groups in total. The van der Waals surface area contributed by atoms with E-state index in [9.17, 15) is 9.90 Å². The Morgan fingerprint density at radius 1 is 1.57 bits per heavy atom. The summed E-state index contributed by atoms with van der Waals surface area (Å²) in [6.45, 7) is 5.90. The maximum absolute atomic E-state index is 11.4. The van der Waals surface area contributed by atoms with E-state index in [0.29, 0.717) is 18.9 Å².